The summed E-state index contributed by atoms with van der Waals surface area (Å²) in [5.41, 5.74) is 1.21. The minimum absolute atomic E-state index is 0.156. The van der Waals surface area contributed by atoms with Crippen molar-refractivity contribution in [3.63, 3.8) is 0 Å². The maximum Gasteiger partial charge on any atom is 0.331 e. The van der Waals surface area contributed by atoms with Gasteiger partial charge in [-0.2, -0.15) is 0 Å². The number of cyclic esters (lactones) is 1. The molecule has 7 nitrogen and oxygen atoms in total. The van der Waals surface area contributed by atoms with Gasteiger partial charge in [-0.1, -0.05) is 19.9 Å². The third kappa shape index (κ3) is 3.90. The monoisotopic (exact) mass is 516 g/mol. The Labute approximate surface area is 220 Å². The van der Waals surface area contributed by atoms with Crippen molar-refractivity contribution in [3.8, 4) is 0 Å². The highest BCUT2D eigenvalue weighted by Gasteiger charge is 2.65. The van der Waals surface area contributed by atoms with Gasteiger partial charge in [0.25, 0.3) is 0 Å². The summed E-state index contributed by atoms with van der Waals surface area (Å²) in [4.78, 5) is 11.8. The van der Waals surface area contributed by atoms with E-state index in [1.807, 2.05) is 6.92 Å². The van der Waals surface area contributed by atoms with Crippen molar-refractivity contribution in [3.05, 3.63) is 23.3 Å². The smallest absolute Gasteiger partial charge is 0.331 e. The highest BCUT2D eigenvalue weighted by atomic mass is 16.7. The van der Waals surface area contributed by atoms with Crippen molar-refractivity contribution in [1.82, 2.24) is 0 Å². The molecule has 6 aliphatic rings. The van der Waals surface area contributed by atoms with E-state index in [-0.39, 0.29) is 47.3 Å². The van der Waals surface area contributed by atoms with Crippen LogP contribution < -0.4 is 0 Å². The molecule has 0 unspecified atom stereocenters. The van der Waals surface area contributed by atoms with Gasteiger partial charge in [0.1, 0.15) is 12.7 Å². The van der Waals surface area contributed by atoms with Crippen molar-refractivity contribution in [1.29, 1.82) is 0 Å². The summed E-state index contributed by atoms with van der Waals surface area (Å²) in [6.45, 7) is 6.91. The maximum atomic E-state index is 12.4. The molecule has 3 saturated carbocycles. The number of ether oxygens (including phenoxy) is 4. The van der Waals surface area contributed by atoms with Gasteiger partial charge in [0.05, 0.1) is 23.9 Å². The van der Waals surface area contributed by atoms with Gasteiger partial charge in [-0.3, -0.25) is 0 Å². The second-order valence-corrected chi connectivity index (χ2v) is 13.2. The third-order valence-corrected chi connectivity index (χ3v) is 11.7. The van der Waals surface area contributed by atoms with Crippen LogP contribution in [0.15, 0.2) is 23.3 Å². The zero-order chi connectivity index (χ0) is 26.2. The second kappa shape index (κ2) is 9.16. The normalized spacial score (nSPS) is 51.5. The highest BCUT2D eigenvalue weighted by molar-refractivity contribution is 5.86. The first-order chi connectivity index (χ1) is 17.6. The number of hydrogen-bond donors (Lipinski definition) is 2. The molecule has 4 fully saturated rings. The Morgan fingerprint density at radius 1 is 1.08 bits per heavy atom. The molecular weight excluding hydrogens is 472 g/mol. The Hall–Kier alpha value is -1.25. The Kier molecular flexibility index (Phi) is 6.43. The van der Waals surface area contributed by atoms with Crippen LogP contribution >= 0.6 is 0 Å². The van der Waals surface area contributed by atoms with E-state index in [4.69, 9.17) is 18.9 Å². The average molecular weight is 517 g/mol. The number of carbonyl (C=O) groups is 1. The van der Waals surface area contributed by atoms with Crippen LogP contribution in [0.2, 0.25) is 0 Å². The topological polar surface area (TPSA) is 94.5 Å². The first-order valence-electron chi connectivity index (χ1n) is 14.4. The molecule has 7 heteroatoms. The van der Waals surface area contributed by atoms with Crippen LogP contribution in [0.4, 0.5) is 0 Å². The molecule has 2 aliphatic heterocycles. The number of carbonyl (C=O) groups excluding carboxylic acids is 1. The van der Waals surface area contributed by atoms with Crippen molar-refractivity contribution in [2.24, 2.45) is 28.6 Å². The number of aliphatic hydroxyl groups is 2. The lowest BCUT2D eigenvalue weighted by Crippen LogP contribution is -2.62. The van der Waals surface area contributed by atoms with Crippen molar-refractivity contribution in [2.45, 2.75) is 115 Å². The first kappa shape index (κ1) is 26.0. The van der Waals surface area contributed by atoms with Gasteiger partial charge in [0.15, 0.2) is 6.29 Å². The molecular formula is C30H44O7. The van der Waals surface area contributed by atoms with Crippen molar-refractivity contribution < 1.29 is 34.0 Å². The Morgan fingerprint density at radius 3 is 2.62 bits per heavy atom. The van der Waals surface area contributed by atoms with Crippen LogP contribution in [-0.4, -0.2) is 66.2 Å². The van der Waals surface area contributed by atoms with Gasteiger partial charge in [0.2, 0.25) is 0 Å². The van der Waals surface area contributed by atoms with Crippen molar-refractivity contribution in [2.75, 3.05) is 13.7 Å². The van der Waals surface area contributed by atoms with E-state index >= 15 is 0 Å². The lowest BCUT2D eigenvalue weighted by atomic mass is 9.43. The number of methoxy groups -OCH3 is 1. The van der Waals surface area contributed by atoms with Crippen LogP contribution in [0.1, 0.15) is 78.6 Å². The van der Waals surface area contributed by atoms with Crippen LogP contribution in [0.5, 0.6) is 0 Å². The van der Waals surface area contributed by atoms with Gasteiger partial charge in [-0.05, 0) is 87.0 Å². The second-order valence-electron chi connectivity index (χ2n) is 13.2. The number of esters is 1. The highest BCUT2D eigenvalue weighted by Crippen LogP contribution is 2.68. The quantitative estimate of drug-likeness (QED) is 0.430. The molecule has 0 radical (unpaired) electrons. The molecule has 6 rings (SSSR count). The largest absolute Gasteiger partial charge is 0.458 e. The average Bonchev–Trinajstić information content (AvgIpc) is 3.41. The summed E-state index contributed by atoms with van der Waals surface area (Å²) in [6, 6.07) is 0. The van der Waals surface area contributed by atoms with Gasteiger partial charge >= 0.3 is 5.97 Å². The molecule has 1 saturated heterocycles. The fourth-order valence-electron chi connectivity index (χ4n) is 9.44. The van der Waals surface area contributed by atoms with E-state index in [0.29, 0.717) is 31.3 Å². The molecule has 4 aliphatic carbocycles. The minimum atomic E-state index is -0.763. The molecule has 0 aromatic carbocycles. The van der Waals surface area contributed by atoms with Gasteiger partial charge < -0.3 is 29.2 Å². The number of hydrogen-bond acceptors (Lipinski definition) is 7. The fourth-order valence-corrected chi connectivity index (χ4v) is 9.44. The van der Waals surface area contributed by atoms with E-state index in [9.17, 15) is 15.0 Å². The Balaban J connectivity index is 1.15. The predicted molar refractivity (Wildman–Crippen MR) is 136 cm³/mol. The molecule has 206 valence electrons. The Bertz CT molecular complexity index is 990. The molecule has 2 N–H and O–H groups in total. The van der Waals surface area contributed by atoms with Crippen LogP contribution in [0.25, 0.3) is 0 Å². The predicted octanol–water partition coefficient (Wildman–Crippen LogP) is 4.06. The summed E-state index contributed by atoms with van der Waals surface area (Å²) in [6.07, 6.45) is 11.0. The first-order valence-corrected chi connectivity index (χ1v) is 14.4. The minimum Gasteiger partial charge on any atom is -0.458 e. The molecule has 37 heavy (non-hydrogen) atoms. The van der Waals surface area contributed by atoms with Crippen molar-refractivity contribution >= 4 is 5.97 Å². The maximum absolute atomic E-state index is 12.4. The zero-order valence-corrected chi connectivity index (χ0v) is 22.8. The van der Waals surface area contributed by atoms with E-state index in [1.165, 1.54) is 0 Å². The molecule has 0 aromatic heterocycles. The number of rotatable bonds is 4. The molecule has 11 atom stereocenters. The zero-order valence-electron chi connectivity index (χ0n) is 22.8. The lowest BCUT2D eigenvalue weighted by Gasteiger charge is -2.63. The van der Waals surface area contributed by atoms with Gasteiger partial charge in [0, 0.05) is 30.6 Å². The third-order valence-electron chi connectivity index (χ3n) is 11.7. The lowest BCUT2D eigenvalue weighted by molar-refractivity contribution is -0.273. The number of fused-ring (bicyclic) bond motifs is 5. The molecule has 0 amide bonds. The summed E-state index contributed by atoms with van der Waals surface area (Å²) in [5, 5.41) is 22.7. The van der Waals surface area contributed by atoms with Gasteiger partial charge in [-0.25, -0.2) is 4.79 Å². The summed E-state index contributed by atoms with van der Waals surface area (Å²) in [7, 11) is 1.64. The molecule has 2 heterocycles. The molecule has 0 bridgehead atoms. The van der Waals surface area contributed by atoms with E-state index in [0.717, 1.165) is 56.1 Å². The summed E-state index contributed by atoms with van der Waals surface area (Å²) >= 11 is 0. The van der Waals surface area contributed by atoms with E-state index in [2.05, 4.69) is 19.9 Å². The molecule has 0 spiro atoms. The fraction of sp³-hybridized carbons (Fsp3) is 0.833. The van der Waals surface area contributed by atoms with Crippen LogP contribution in [-0.2, 0) is 23.7 Å². The number of aliphatic hydroxyl groups excluding tert-OH is 1. The molecule has 0 aromatic rings. The standard InChI is InChI=1S/C30H44O7/c1-17-27(32)24(34-4)15-26(36-17)37-20-7-10-28(2)19(14-20)5-6-23-22(28)8-11-29(3)21(9-12-30(23,29)33)18-13-25(31)35-16-18/h9,13,17,19-20,22-24,26-27,32-33H,5-8,10-12,14-16H2,1-4H3/t17-,19-,20+,22+,23-,24+,26+,27+,28+,29-,30+/m1/s1. The summed E-state index contributed by atoms with van der Waals surface area (Å²) < 4.78 is 23.2. The summed E-state index contributed by atoms with van der Waals surface area (Å²) in [5.74, 6) is 1.07. The van der Waals surface area contributed by atoms with E-state index in [1.54, 1.807) is 13.2 Å². The Morgan fingerprint density at radius 2 is 1.89 bits per heavy atom. The SMILES string of the molecule is CO[C@H]1C[C@H](O[C@H]2CC[C@@]3(C)[C@H](CC[C@@H]4[C@@H]3CC[C@]3(C)C(C5=CC(=O)OC5)=CC[C@]43O)C2)O[C@H](C)[C@@H]1O. The van der Waals surface area contributed by atoms with E-state index < -0.39 is 11.7 Å². The van der Waals surface area contributed by atoms with Crippen LogP contribution in [0.3, 0.4) is 0 Å². The van der Waals surface area contributed by atoms with Crippen LogP contribution in [0, 0.1) is 28.6 Å². The van der Waals surface area contributed by atoms with Gasteiger partial charge in [-0.15, -0.1) is 0 Å².